The maximum atomic E-state index is 6.21. The number of thiophene rings is 1. The van der Waals surface area contributed by atoms with Gasteiger partial charge in [0.2, 0.25) is 0 Å². The molecule has 4 nitrogen and oxygen atoms in total. The Hall–Kier alpha value is -0.750. The van der Waals surface area contributed by atoms with E-state index >= 15 is 0 Å². The van der Waals surface area contributed by atoms with Crippen molar-refractivity contribution >= 4 is 33.2 Å². The number of halogens is 1. The maximum Gasteiger partial charge on any atom is 0.145 e. The number of aromatic nitrogens is 2. The molecule has 2 aromatic rings. The van der Waals surface area contributed by atoms with Crippen LogP contribution in [-0.2, 0) is 11.3 Å². The van der Waals surface area contributed by atoms with Crippen molar-refractivity contribution in [3.05, 3.63) is 22.4 Å². The Bertz CT molecular complexity index is 583. The smallest absolute Gasteiger partial charge is 0.145 e. The minimum absolute atomic E-state index is 0.357. The Balaban J connectivity index is 1.72. The third kappa shape index (κ3) is 3.11. The summed E-state index contributed by atoms with van der Waals surface area (Å²) in [7, 11) is 0. The van der Waals surface area contributed by atoms with Crippen LogP contribution >= 0.6 is 22.9 Å². The van der Waals surface area contributed by atoms with E-state index in [1.807, 2.05) is 11.4 Å². The van der Waals surface area contributed by atoms with Crippen LogP contribution in [0.15, 0.2) is 11.4 Å². The summed E-state index contributed by atoms with van der Waals surface area (Å²) < 4.78 is 5.70. The third-order valence-electron chi connectivity index (χ3n) is 3.62. The van der Waals surface area contributed by atoms with Crippen LogP contribution in [0.5, 0.6) is 0 Å². The largest absolute Gasteiger partial charge is 0.377 e. The van der Waals surface area contributed by atoms with Crippen LogP contribution in [0, 0.1) is 0 Å². The van der Waals surface area contributed by atoms with E-state index in [4.69, 9.17) is 16.3 Å². The fourth-order valence-corrected chi connectivity index (χ4v) is 3.60. The second-order valence-electron chi connectivity index (χ2n) is 5.03. The van der Waals surface area contributed by atoms with Crippen molar-refractivity contribution in [1.29, 1.82) is 0 Å². The summed E-state index contributed by atoms with van der Waals surface area (Å²) in [4.78, 5) is 12.3. The van der Waals surface area contributed by atoms with Gasteiger partial charge in [0.1, 0.15) is 15.8 Å². The molecule has 0 spiro atoms. The number of hydrogen-bond acceptors (Lipinski definition) is 5. The first kappa shape index (κ1) is 14.2. The topological polar surface area (TPSA) is 38.2 Å². The molecule has 20 heavy (non-hydrogen) atoms. The molecule has 0 aromatic carbocycles. The molecule has 1 aliphatic heterocycles. The average molecular weight is 312 g/mol. The van der Waals surface area contributed by atoms with Gasteiger partial charge in [-0.05, 0) is 30.8 Å². The predicted molar refractivity (Wildman–Crippen MR) is 82.4 cm³/mol. The number of fused-ring (bicyclic) bond motifs is 1. The Morgan fingerprint density at radius 2 is 2.40 bits per heavy atom. The summed E-state index contributed by atoms with van der Waals surface area (Å²) in [5, 5.41) is 3.50. The van der Waals surface area contributed by atoms with Gasteiger partial charge >= 0.3 is 0 Å². The van der Waals surface area contributed by atoms with Gasteiger partial charge in [-0.2, -0.15) is 0 Å². The normalized spacial score (nSPS) is 19.2. The molecule has 0 aliphatic carbocycles. The molecule has 0 N–H and O–H groups in total. The van der Waals surface area contributed by atoms with Gasteiger partial charge in [0, 0.05) is 18.5 Å². The van der Waals surface area contributed by atoms with Crippen molar-refractivity contribution in [2.75, 3.05) is 19.7 Å². The summed E-state index contributed by atoms with van der Waals surface area (Å²) in [5.41, 5.74) is 0. The van der Waals surface area contributed by atoms with Crippen LogP contribution in [0.25, 0.3) is 10.2 Å². The van der Waals surface area contributed by atoms with Crippen molar-refractivity contribution in [3.63, 3.8) is 0 Å². The first-order valence-corrected chi connectivity index (χ1v) is 8.25. The lowest BCUT2D eigenvalue weighted by Crippen LogP contribution is -2.32. The minimum atomic E-state index is 0.357. The van der Waals surface area contributed by atoms with Crippen LogP contribution < -0.4 is 0 Å². The second-order valence-corrected chi connectivity index (χ2v) is 6.29. The summed E-state index contributed by atoms with van der Waals surface area (Å²) in [6, 6.07) is 1.97. The highest BCUT2D eigenvalue weighted by Gasteiger charge is 2.19. The van der Waals surface area contributed by atoms with E-state index in [9.17, 15) is 0 Å². The molecule has 3 rings (SSSR count). The number of likely N-dealkylation sites (N-methyl/N-ethyl adjacent to an activating group) is 1. The number of rotatable bonds is 5. The van der Waals surface area contributed by atoms with E-state index in [0.717, 1.165) is 48.7 Å². The summed E-state index contributed by atoms with van der Waals surface area (Å²) in [6.07, 6.45) is 2.68. The monoisotopic (exact) mass is 311 g/mol. The summed E-state index contributed by atoms with van der Waals surface area (Å²) in [6.45, 7) is 5.68. The lowest BCUT2D eigenvalue weighted by Gasteiger charge is -2.22. The predicted octanol–water partition coefficient (Wildman–Crippen LogP) is 3.35. The first-order valence-electron chi connectivity index (χ1n) is 7.00. The molecule has 3 heterocycles. The molecule has 1 atom stereocenters. The molecular formula is C14H18ClN3OS. The standard InChI is InChI=1S/C14H18ClN3OS/c1-2-18(8-10-4-3-6-19-10)9-12-16-13(15)11-5-7-20-14(11)17-12/h5,7,10H,2-4,6,8-9H2,1H3. The lowest BCUT2D eigenvalue weighted by atomic mass is 10.2. The molecular weight excluding hydrogens is 294 g/mol. The van der Waals surface area contributed by atoms with E-state index in [-0.39, 0.29) is 0 Å². The Morgan fingerprint density at radius 3 is 3.15 bits per heavy atom. The Labute approximate surface area is 127 Å². The van der Waals surface area contributed by atoms with Gasteiger partial charge in [-0.1, -0.05) is 18.5 Å². The SMILES string of the molecule is CCN(Cc1nc(Cl)c2ccsc2n1)CC1CCCO1. The maximum absolute atomic E-state index is 6.21. The molecule has 6 heteroatoms. The highest BCUT2D eigenvalue weighted by atomic mass is 35.5. The Morgan fingerprint density at radius 1 is 1.50 bits per heavy atom. The molecule has 0 amide bonds. The van der Waals surface area contributed by atoms with Gasteiger partial charge in [-0.3, -0.25) is 4.90 Å². The third-order valence-corrected chi connectivity index (χ3v) is 4.72. The highest BCUT2D eigenvalue weighted by Crippen LogP contribution is 2.25. The highest BCUT2D eigenvalue weighted by molar-refractivity contribution is 7.16. The van der Waals surface area contributed by atoms with Crippen LogP contribution in [0.1, 0.15) is 25.6 Å². The van der Waals surface area contributed by atoms with Gasteiger partial charge in [-0.25, -0.2) is 9.97 Å². The van der Waals surface area contributed by atoms with Crippen molar-refractivity contribution in [2.24, 2.45) is 0 Å². The number of nitrogens with zero attached hydrogens (tertiary/aromatic N) is 3. The van der Waals surface area contributed by atoms with Crippen molar-refractivity contribution in [2.45, 2.75) is 32.4 Å². The quantitative estimate of drug-likeness (QED) is 0.794. The molecule has 1 unspecified atom stereocenters. The first-order chi connectivity index (χ1) is 9.76. The van der Waals surface area contributed by atoms with E-state index in [0.29, 0.717) is 11.3 Å². The second kappa shape index (κ2) is 6.35. The molecule has 108 valence electrons. The van der Waals surface area contributed by atoms with Gasteiger partial charge in [0.05, 0.1) is 12.6 Å². The molecule has 1 fully saturated rings. The van der Waals surface area contributed by atoms with Crippen LogP contribution in [0.2, 0.25) is 5.15 Å². The zero-order valence-electron chi connectivity index (χ0n) is 11.5. The van der Waals surface area contributed by atoms with Gasteiger partial charge < -0.3 is 4.74 Å². The average Bonchev–Trinajstić information content (AvgIpc) is 3.08. The molecule has 1 aliphatic rings. The molecule has 1 saturated heterocycles. The van der Waals surface area contributed by atoms with Crippen molar-refractivity contribution in [1.82, 2.24) is 14.9 Å². The van der Waals surface area contributed by atoms with E-state index in [1.165, 1.54) is 6.42 Å². The van der Waals surface area contributed by atoms with Gasteiger partial charge in [-0.15, -0.1) is 11.3 Å². The Kier molecular flexibility index (Phi) is 4.51. The fourth-order valence-electron chi connectivity index (χ4n) is 2.51. The summed E-state index contributed by atoms with van der Waals surface area (Å²) in [5.74, 6) is 0.796. The molecule has 2 aromatic heterocycles. The van der Waals surface area contributed by atoms with Crippen molar-refractivity contribution in [3.8, 4) is 0 Å². The lowest BCUT2D eigenvalue weighted by molar-refractivity contribution is 0.0717. The number of hydrogen-bond donors (Lipinski definition) is 0. The van der Waals surface area contributed by atoms with Crippen LogP contribution in [0.4, 0.5) is 0 Å². The van der Waals surface area contributed by atoms with E-state index in [1.54, 1.807) is 11.3 Å². The van der Waals surface area contributed by atoms with Crippen molar-refractivity contribution < 1.29 is 4.74 Å². The molecule has 0 saturated carbocycles. The minimum Gasteiger partial charge on any atom is -0.377 e. The zero-order valence-corrected chi connectivity index (χ0v) is 13.1. The van der Waals surface area contributed by atoms with Gasteiger partial charge in [0.15, 0.2) is 0 Å². The molecule has 0 bridgehead atoms. The van der Waals surface area contributed by atoms with Gasteiger partial charge in [0.25, 0.3) is 0 Å². The number of ether oxygens (including phenoxy) is 1. The van der Waals surface area contributed by atoms with Crippen LogP contribution in [0.3, 0.4) is 0 Å². The zero-order chi connectivity index (χ0) is 13.9. The summed E-state index contributed by atoms with van der Waals surface area (Å²) >= 11 is 7.82. The van der Waals surface area contributed by atoms with E-state index < -0.39 is 0 Å². The van der Waals surface area contributed by atoms with E-state index in [2.05, 4.69) is 21.8 Å². The fraction of sp³-hybridized carbons (Fsp3) is 0.571. The molecule has 0 radical (unpaired) electrons. The van der Waals surface area contributed by atoms with Crippen LogP contribution in [-0.4, -0.2) is 40.7 Å².